The highest BCUT2D eigenvalue weighted by Gasteiger charge is 2.14. The Morgan fingerprint density at radius 2 is 1.53 bits per heavy atom. The van der Waals surface area contributed by atoms with Crippen LogP contribution >= 0.6 is 0 Å². The first kappa shape index (κ1) is 12.0. The zero-order valence-electron chi connectivity index (χ0n) is 9.87. The van der Waals surface area contributed by atoms with E-state index in [9.17, 15) is 4.39 Å². The zero-order chi connectivity index (χ0) is 11.6. The standard InChI is InChI=1S/C12H19FN2/c1-7-8(2)10(4)12(15-6-5-14)11(13)9(7)3/h15H,5-6,14H2,1-4H3. The third kappa shape index (κ3) is 2.12. The van der Waals surface area contributed by atoms with E-state index in [0.29, 0.717) is 18.8 Å². The Bertz CT molecular complexity index is 343. The van der Waals surface area contributed by atoms with Crippen LogP contribution in [0, 0.1) is 33.5 Å². The normalized spacial score (nSPS) is 10.5. The molecule has 2 nitrogen and oxygen atoms in total. The molecule has 0 aromatic heterocycles. The van der Waals surface area contributed by atoms with Crippen LogP contribution in [-0.2, 0) is 0 Å². The number of hydrogen-bond donors (Lipinski definition) is 2. The summed E-state index contributed by atoms with van der Waals surface area (Å²) in [4.78, 5) is 0. The summed E-state index contributed by atoms with van der Waals surface area (Å²) in [5, 5.41) is 3.04. The molecule has 84 valence electrons. The van der Waals surface area contributed by atoms with Gasteiger partial charge in [-0.1, -0.05) is 0 Å². The lowest BCUT2D eigenvalue weighted by atomic mass is 9.97. The van der Waals surface area contributed by atoms with Crippen LogP contribution in [0.1, 0.15) is 22.3 Å². The molecule has 0 radical (unpaired) electrons. The van der Waals surface area contributed by atoms with Gasteiger partial charge in [0.1, 0.15) is 5.82 Å². The lowest BCUT2D eigenvalue weighted by Crippen LogP contribution is -2.16. The van der Waals surface area contributed by atoms with Crippen LogP contribution in [-0.4, -0.2) is 13.1 Å². The van der Waals surface area contributed by atoms with Crippen LogP contribution in [0.5, 0.6) is 0 Å². The van der Waals surface area contributed by atoms with Gasteiger partial charge < -0.3 is 11.1 Å². The number of halogens is 1. The minimum absolute atomic E-state index is 0.149. The molecule has 15 heavy (non-hydrogen) atoms. The van der Waals surface area contributed by atoms with Crippen LogP contribution in [0.25, 0.3) is 0 Å². The van der Waals surface area contributed by atoms with Crippen molar-refractivity contribution in [3.63, 3.8) is 0 Å². The molecule has 0 atom stereocenters. The molecule has 0 spiro atoms. The van der Waals surface area contributed by atoms with Gasteiger partial charge >= 0.3 is 0 Å². The molecule has 1 rings (SSSR count). The number of nitrogens with one attached hydrogen (secondary N) is 1. The number of benzene rings is 1. The Hall–Kier alpha value is -1.09. The highest BCUT2D eigenvalue weighted by atomic mass is 19.1. The highest BCUT2D eigenvalue weighted by molar-refractivity contribution is 5.60. The van der Waals surface area contributed by atoms with Gasteiger partial charge in [0.15, 0.2) is 0 Å². The summed E-state index contributed by atoms with van der Waals surface area (Å²) in [5.41, 5.74) is 9.87. The number of hydrogen-bond acceptors (Lipinski definition) is 2. The first-order valence-electron chi connectivity index (χ1n) is 5.20. The Morgan fingerprint density at radius 1 is 1.00 bits per heavy atom. The topological polar surface area (TPSA) is 38.0 Å². The van der Waals surface area contributed by atoms with Crippen LogP contribution in [0.2, 0.25) is 0 Å². The Labute approximate surface area is 90.7 Å². The van der Waals surface area contributed by atoms with Crippen molar-refractivity contribution >= 4 is 5.69 Å². The van der Waals surface area contributed by atoms with Crippen LogP contribution in [0.3, 0.4) is 0 Å². The monoisotopic (exact) mass is 210 g/mol. The maximum absolute atomic E-state index is 13.9. The molecular weight excluding hydrogens is 191 g/mol. The summed E-state index contributed by atoms with van der Waals surface area (Å²) in [5.74, 6) is -0.149. The summed E-state index contributed by atoms with van der Waals surface area (Å²) in [6.45, 7) is 8.82. The molecule has 0 aliphatic carbocycles. The molecule has 3 N–H and O–H groups in total. The molecule has 0 saturated heterocycles. The molecule has 3 heteroatoms. The van der Waals surface area contributed by atoms with Gasteiger partial charge in [0.25, 0.3) is 0 Å². The molecule has 1 aromatic carbocycles. The van der Waals surface area contributed by atoms with E-state index in [1.165, 1.54) is 0 Å². The third-order valence-electron chi connectivity index (χ3n) is 3.06. The fourth-order valence-electron chi connectivity index (χ4n) is 1.67. The van der Waals surface area contributed by atoms with E-state index < -0.39 is 0 Å². The van der Waals surface area contributed by atoms with Gasteiger partial charge in [-0.05, 0) is 49.9 Å². The lowest BCUT2D eigenvalue weighted by Gasteiger charge is -2.17. The maximum Gasteiger partial charge on any atom is 0.149 e. The van der Waals surface area contributed by atoms with Gasteiger partial charge in [-0.2, -0.15) is 0 Å². The van der Waals surface area contributed by atoms with Gasteiger partial charge in [0.2, 0.25) is 0 Å². The zero-order valence-corrected chi connectivity index (χ0v) is 9.87. The molecule has 0 heterocycles. The average molecular weight is 210 g/mol. The maximum atomic E-state index is 13.9. The van der Waals surface area contributed by atoms with Crippen LogP contribution < -0.4 is 11.1 Å². The van der Waals surface area contributed by atoms with E-state index in [4.69, 9.17) is 5.73 Å². The van der Waals surface area contributed by atoms with Gasteiger partial charge in [0.05, 0.1) is 5.69 Å². The summed E-state index contributed by atoms with van der Waals surface area (Å²) in [6, 6.07) is 0. The second-order valence-electron chi connectivity index (χ2n) is 3.90. The van der Waals surface area contributed by atoms with Crippen molar-refractivity contribution in [2.75, 3.05) is 18.4 Å². The van der Waals surface area contributed by atoms with Crippen LogP contribution in [0.4, 0.5) is 10.1 Å². The van der Waals surface area contributed by atoms with Crippen LogP contribution in [0.15, 0.2) is 0 Å². The number of anilines is 1. The number of nitrogens with two attached hydrogens (primary N) is 1. The van der Waals surface area contributed by atoms with Gasteiger partial charge in [0, 0.05) is 13.1 Å². The van der Waals surface area contributed by atoms with E-state index in [2.05, 4.69) is 5.32 Å². The molecule has 0 bridgehead atoms. The predicted molar refractivity (Wildman–Crippen MR) is 62.9 cm³/mol. The third-order valence-corrected chi connectivity index (χ3v) is 3.06. The lowest BCUT2D eigenvalue weighted by molar-refractivity contribution is 0.617. The van der Waals surface area contributed by atoms with Crippen molar-refractivity contribution in [3.8, 4) is 0 Å². The molecule has 0 saturated carbocycles. The van der Waals surface area contributed by atoms with E-state index in [1.807, 2.05) is 27.7 Å². The van der Waals surface area contributed by atoms with Crippen molar-refractivity contribution in [2.24, 2.45) is 5.73 Å². The molecule has 0 unspecified atom stereocenters. The van der Waals surface area contributed by atoms with Gasteiger partial charge in [-0.3, -0.25) is 0 Å². The van der Waals surface area contributed by atoms with Crippen molar-refractivity contribution in [2.45, 2.75) is 27.7 Å². The largest absolute Gasteiger partial charge is 0.381 e. The SMILES string of the molecule is Cc1c(C)c(C)c(NCCN)c(F)c1C. The summed E-state index contributed by atoms with van der Waals surface area (Å²) >= 11 is 0. The molecule has 0 fully saturated rings. The van der Waals surface area contributed by atoms with Crippen molar-refractivity contribution in [3.05, 3.63) is 28.1 Å². The van der Waals surface area contributed by atoms with E-state index >= 15 is 0 Å². The fourth-order valence-corrected chi connectivity index (χ4v) is 1.67. The molecule has 0 aliphatic rings. The first-order chi connectivity index (χ1) is 7.00. The highest BCUT2D eigenvalue weighted by Crippen LogP contribution is 2.29. The van der Waals surface area contributed by atoms with E-state index in [-0.39, 0.29) is 5.82 Å². The van der Waals surface area contributed by atoms with Gasteiger partial charge in [-0.25, -0.2) is 4.39 Å². The molecular formula is C12H19FN2. The summed E-state index contributed by atoms with van der Waals surface area (Å²) in [6.07, 6.45) is 0. The predicted octanol–water partition coefficient (Wildman–Crippen LogP) is 2.43. The van der Waals surface area contributed by atoms with E-state index in [0.717, 1.165) is 22.3 Å². The van der Waals surface area contributed by atoms with Crippen molar-refractivity contribution in [1.82, 2.24) is 0 Å². The Balaban J connectivity index is 3.26. The first-order valence-corrected chi connectivity index (χ1v) is 5.20. The summed E-state index contributed by atoms with van der Waals surface area (Å²) < 4.78 is 13.9. The molecule has 0 aliphatic heterocycles. The van der Waals surface area contributed by atoms with Crippen molar-refractivity contribution in [1.29, 1.82) is 0 Å². The second kappa shape index (κ2) is 4.62. The quantitative estimate of drug-likeness (QED) is 0.804. The van der Waals surface area contributed by atoms with Crippen molar-refractivity contribution < 1.29 is 4.39 Å². The minimum Gasteiger partial charge on any atom is -0.381 e. The number of rotatable bonds is 3. The minimum atomic E-state index is -0.149. The Kier molecular flexibility index (Phi) is 3.69. The smallest absolute Gasteiger partial charge is 0.149 e. The summed E-state index contributed by atoms with van der Waals surface area (Å²) in [7, 11) is 0. The average Bonchev–Trinajstić information content (AvgIpc) is 2.24. The fraction of sp³-hybridized carbons (Fsp3) is 0.500. The Morgan fingerprint density at radius 3 is 2.07 bits per heavy atom. The van der Waals surface area contributed by atoms with E-state index in [1.54, 1.807) is 0 Å². The molecule has 1 aromatic rings. The van der Waals surface area contributed by atoms with Gasteiger partial charge in [-0.15, -0.1) is 0 Å². The second-order valence-corrected chi connectivity index (χ2v) is 3.90. The molecule has 0 amide bonds.